The highest BCUT2D eigenvalue weighted by atomic mass is 16.5. The standard InChI is InChI=1S/C23H28N4O2/c1-28-22-7-4-5-20(23(22)29-14-13-26-12-10-24-18-26)17-27-11-8-19(16-27)15-21-6-2-3-9-25-21/h2-7,9-10,12,18-19H,8,11,13-17H2,1H3. The lowest BCUT2D eigenvalue weighted by atomic mass is 10.0. The van der Waals surface area contributed by atoms with E-state index in [2.05, 4.69) is 33.1 Å². The summed E-state index contributed by atoms with van der Waals surface area (Å²) in [6, 6.07) is 12.3. The number of ether oxygens (including phenoxy) is 2. The average Bonchev–Trinajstić information content (AvgIpc) is 3.42. The number of aromatic nitrogens is 3. The quantitative estimate of drug-likeness (QED) is 0.558. The summed E-state index contributed by atoms with van der Waals surface area (Å²) in [7, 11) is 1.70. The molecule has 6 heteroatoms. The summed E-state index contributed by atoms with van der Waals surface area (Å²) in [5, 5.41) is 0. The number of likely N-dealkylation sites (tertiary alicyclic amines) is 1. The summed E-state index contributed by atoms with van der Waals surface area (Å²) in [4.78, 5) is 11.1. The smallest absolute Gasteiger partial charge is 0.165 e. The number of methoxy groups -OCH3 is 1. The first-order valence-electron chi connectivity index (χ1n) is 10.2. The number of nitrogens with zero attached hydrogens (tertiary/aromatic N) is 4. The SMILES string of the molecule is COc1cccc(CN2CCC(Cc3ccccn3)C2)c1OCCn1ccnc1. The van der Waals surface area contributed by atoms with Crippen LogP contribution in [0, 0.1) is 5.92 Å². The minimum atomic E-state index is 0.575. The lowest BCUT2D eigenvalue weighted by Crippen LogP contribution is -2.21. The number of para-hydroxylation sites is 1. The lowest BCUT2D eigenvalue weighted by Gasteiger charge is -2.20. The summed E-state index contributed by atoms with van der Waals surface area (Å²) in [5.41, 5.74) is 2.36. The van der Waals surface area contributed by atoms with Gasteiger partial charge in [0.25, 0.3) is 0 Å². The predicted octanol–water partition coefficient (Wildman–Crippen LogP) is 3.43. The van der Waals surface area contributed by atoms with Gasteiger partial charge in [-0.1, -0.05) is 18.2 Å². The molecule has 3 aromatic rings. The second kappa shape index (κ2) is 9.56. The van der Waals surface area contributed by atoms with Crippen molar-refractivity contribution < 1.29 is 9.47 Å². The van der Waals surface area contributed by atoms with Crippen molar-refractivity contribution in [3.63, 3.8) is 0 Å². The Morgan fingerprint density at radius 3 is 2.90 bits per heavy atom. The van der Waals surface area contributed by atoms with E-state index in [0.717, 1.165) is 44.1 Å². The molecule has 0 N–H and O–H groups in total. The Balaban J connectivity index is 1.37. The van der Waals surface area contributed by atoms with Crippen LogP contribution in [0.1, 0.15) is 17.7 Å². The molecule has 3 heterocycles. The van der Waals surface area contributed by atoms with Gasteiger partial charge in [-0.2, -0.15) is 0 Å². The van der Waals surface area contributed by atoms with Gasteiger partial charge in [-0.15, -0.1) is 0 Å². The molecule has 0 spiro atoms. The van der Waals surface area contributed by atoms with Crippen LogP contribution in [0.3, 0.4) is 0 Å². The van der Waals surface area contributed by atoms with Gasteiger partial charge in [0, 0.05) is 42.9 Å². The van der Waals surface area contributed by atoms with Crippen molar-refractivity contribution in [1.82, 2.24) is 19.4 Å². The first kappa shape index (κ1) is 19.5. The van der Waals surface area contributed by atoms with E-state index >= 15 is 0 Å². The van der Waals surface area contributed by atoms with Crippen LogP contribution < -0.4 is 9.47 Å². The Kier molecular flexibility index (Phi) is 6.42. The topological polar surface area (TPSA) is 52.4 Å². The van der Waals surface area contributed by atoms with Crippen LogP contribution >= 0.6 is 0 Å². The zero-order valence-corrected chi connectivity index (χ0v) is 16.9. The Labute approximate surface area is 172 Å². The number of hydrogen-bond donors (Lipinski definition) is 0. The molecule has 4 rings (SSSR count). The van der Waals surface area contributed by atoms with E-state index < -0.39 is 0 Å². The third kappa shape index (κ3) is 5.15. The van der Waals surface area contributed by atoms with Crippen LogP contribution in [0.25, 0.3) is 0 Å². The molecule has 1 saturated heterocycles. The van der Waals surface area contributed by atoms with E-state index in [1.807, 2.05) is 35.2 Å². The zero-order valence-electron chi connectivity index (χ0n) is 16.9. The number of hydrogen-bond acceptors (Lipinski definition) is 5. The van der Waals surface area contributed by atoms with Crippen molar-refractivity contribution in [3.05, 3.63) is 72.6 Å². The van der Waals surface area contributed by atoms with Crippen molar-refractivity contribution in [2.24, 2.45) is 5.92 Å². The summed E-state index contributed by atoms with van der Waals surface area (Å²) >= 11 is 0. The van der Waals surface area contributed by atoms with E-state index in [1.54, 1.807) is 19.6 Å². The fourth-order valence-corrected chi connectivity index (χ4v) is 3.96. The number of imidazole rings is 1. The molecule has 2 aromatic heterocycles. The molecule has 1 aromatic carbocycles. The number of rotatable bonds is 9. The lowest BCUT2D eigenvalue weighted by molar-refractivity contribution is 0.264. The summed E-state index contributed by atoms with van der Waals surface area (Å²) in [6.45, 7) is 4.39. The van der Waals surface area contributed by atoms with Crippen LogP contribution in [0.2, 0.25) is 0 Å². The van der Waals surface area contributed by atoms with Crippen LogP contribution in [-0.4, -0.2) is 46.2 Å². The van der Waals surface area contributed by atoms with E-state index in [4.69, 9.17) is 9.47 Å². The van der Waals surface area contributed by atoms with Crippen molar-refractivity contribution in [2.45, 2.75) is 25.9 Å². The first-order chi connectivity index (χ1) is 14.3. The highest BCUT2D eigenvalue weighted by molar-refractivity contribution is 5.46. The molecule has 0 amide bonds. The van der Waals surface area contributed by atoms with Gasteiger partial charge in [-0.3, -0.25) is 9.88 Å². The molecule has 0 radical (unpaired) electrons. The highest BCUT2D eigenvalue weighted by Gasteiger charge is 2.24. The van der Waals surface area contributed by atoms with Gasteiger partial charge in [0.15, 0.2) is 11.5 Å². The molecule has 0 saturated carbocycles. The Hall–Kier alpha value is -2.86. The zero-order chi connectivity index (χ0) is 19.9. The fourth-order valence-electron chi connectivity index (χ4n) is 3.96. The van der Waals surface area contributed by atoms with E-state index in [-0.39, 0.29) is 0 Å². The molecule has 1 aliphatic rings. The summed E-state index contributed by atoms with van der Waals surface area (Å²) in [5.74, 6) is 2.29. The molecule has 1 aliphatic heterocycles. The van der Waals surface area contributed by atoms with E-state index in [9.17, 15) is 0 Å². The number of benzene rings is 1. The molecule has 0 bridgehead atoms. The van der Waals surface area contributed by atoms with Crippen LogP contribution in [0.5, 0.6) is 11.5 Å². The Bertz CT molecular complexity index is 883. The molecule has 0 aliphatic carbocycles. The Morgan fingerprint density at radius 2 is 2.10 bits per heavy atom. The monoisotopic (exact) mass is 392 g/mol. The van der Waals surface area contributed by atoms with E-state index in [0.29, 0.717) is 12.5 Å². The van der Waals surface area contributed by atoms with Crippen LogP contribution in [-0.2, 0) is 19.5 Å². The minimum Gasteiger partial charge on any atom is -0.493 e. The second-order valence-corrected chi connectivity index (χ2v) is 7.51. The van der Waals surface area contributed by atoms with Crippen molar-refractivity contribution in [1.29, 1.82) is 0 Å². The maximum Gasteiger partial charge on any atom is 0.165 e. The van der Waals surface area contributed by atoms with Gasteiger partial charge >= 0.3 is 0 Å². The van der Waals surface area contributed by atoms with E-state index in [1.165, 1.54) is 17.7 Å². The van der Waals surface area contributed by atoms with Gasteiger partial charge in [0.05, 0.1) is 20.0 Å². The maximum atomic E-state index is 6.16. The highest BCUT2D eigenvalue weighted by Crippen LogP contribution is 2.33. The summed E-state index contributed by atoms with van der Waals surface area (Å²) in [6.07, 6.45) is 9.66. The van der Waals surface area contributed by atoms with Crippen molar-refractivity contribution in [3.8, 4) is 11.5 Å². The normalized spacial score (nSPS) is 16.8. The van der Waals surface area contributed by atoms with Gasteiger partial charge in [-0.05, 0) is 43.5 Å². The molecular formula is C23H28N4O2. The third-order valence-electron chi connectivity index (χ3n) is 5.42. The molecular weight excluding hydrogens is 364 g/mol. The summed E-state index contributed by atoms with van der Waals surface area (Å²) < 4.78 is 13.7. The average molecular weight is 393 g/mol. The van der Waals surface area contributed by atoms with Gasteiger partial charge < -0.3 is 14.0 Å². The molecule has 1 atom stereocenters. The molecule has 29 heavy (non-hydrogen) atoms. The van der Waals surface area contributed by atoms with Crippen molar-refractivity contribution >= 4 is 0 Å². The van der Waals surface area contributed by atoms with Gasteiger partial charge in [0.1, 0.15) is 6.61 Å². The fraction of sp³-hybridized carbons (Fsp3) is 0.391. The molecule has 1 unspecified atom stereocenters. The van der Waals surface area contributed by atoms with Gasteiger partial charge in [-0.25, -0.2) is 4.98 Å². The predicted molar refractivity (Wildman–Crippen MR) is 112 cm³/mol. The molecule has 152 valence electrons. The van der Waals surface area contributed by atoms with Crippen LogP contribution in [0.4, 0.5) is 0 Å². The third-order valence-corrected chi connectivity index (χ3v) is 5.42. The first-order valence-corrected chi connectivity index (χ1v) is 10.2. The van der Waals surface area contributed by atoms with Crippen LogP contribution in [0.15, 0.2) is 61.3 Å². The number of pyridine rings is 1. The largest absolute Gasteiger partial charge is 0.493 e. The van der Waals surface area contributed by atoms with Crippen molar-refractivity contribution in [2.75, 3.05) is 26.8 Å². The second-order valence-electron chi connectivity index (χ2n) is 7.51. The Morgan fingerprint density at radius 1 is 1.14 bits per heavy atom. The maximum absolute atomic E-state index is 6.16. The van der Waals surface area contributed by atoms with Gasteiger partial charge in [0.2, 0.25) is 0 Å². The molecule has 1 fully saturated rings. The molecule has 6 nitrogen and oxygen atoms in total. The minimum absolute atomic E-state index is 0.575.